The second-order valence-electron chi connectivity index (χ2n) is 6.92. The minimum Gasteiger partial charge on any atom is -0.476 e. The predicted octanol–water partition coefficient (Wildman–Crippen LogP) is 2.38. The van der Waals surface area contributed by atoms with Crippen LogP contribution in [-0.4, -0.2) is 57.2 Å². The van der Waals surface area contributed by atoms with E-state index < -0.39 is 31.9 Å². The van der Waals surface area contributed by atoms with Crippen molar-refractivity contribution in [2.75, 3.05) is 25.6 Å². The maximum atomic E-state index is 15.9. The molecule has 0 unspecified atom stereocenters. The summed E-state index contributed by atoms with van der Waals surface area (Å²) in [4.78, 5) is 12.4. The third-order valence-corrected chi connectivity index (χ3v) is 6.16. The number of nitrogens with zero attached hydrogens (tertiary/aromatic N) is 4. The number of anilines is 1. The van der Waals surface area contributed by atoms with E-state index in [0.29, 0.717) is 18.5 Å². The smallest absolute Gasteiger partial charge is 0.475 e. The Balaban J connectivity index is 1.68. The van der Waals surface area contributed by atoms with E-state index in [1.807, 2.05) is 6.92 Å². The minimum absolute atomic E-state index is 0.0456. The van der Waals surface area contributed by atoms with Crippen LogP contribution in [0.5, 0.6) is 5.88 Å². The molecule has 0 amide bonds. The van der Waals surface area contributed by atoms with E-state index in [4.69, 9.17) is 28.8 Å². The highest BCUT2D eigenvalue weighted by Gasteiger charge is 2.61. The Morgan fingerprint density at radius 1 is 1.45 bits per heavy atom. The van der Waals surface area contributed by atoms with Crippen LogP contribution < -0.4 is 10.5 Å². The molecule has 0 aliphatic carbocycles. The topological polar surface area (TPSA) is 133 Å². The predicted molar refractivity (Wildman–Crippen MR) is 99.0 cm³/mol. The van der Waals surface area contributed by atoms with Gasteiger partial charge in [0.2, 0.25) is 11.8 Å². The number of aromatic nitrogens is 4. The van der Waals surface area contributed by atoms with Crippen molar-refractivity contribution in [3.05, 3.63) is 6.33 Å². The van der Waals surface area contributed by atoms with Crippen molar-refractivity contribution in [2.45, 2.75) is 51.3 Å². The molecule has 160 valence electrons. The molecule has 2 aliphatic rings. The van der Waals surface area contributed by atoms with E-state index in [0.717, 1.165) is 0 Å². The first-order valence-corrected chi connectivity index (χ1v) is 10.8. The van der Waals surface area contributed by atoms with E-state index in [-0.39, 0.29) is 30.7 Å². The molecule has 11 nitrogen and oxygen atoms in total. The molecule has 2 fully saturated rings. The maximum absolute atomic E-state index is 15.9. The van der Waals surface area contributed by atoms with Crippen molar-refractivity contribution in [2.24, 2.45) is 0 Å². The van der Waals surface area contributed by atoms with E-state index in [1.54, 1.807) is 6.92 Å². The first-order chi connectivity index (χ1) is 13.8. The fraction of sp³-hybridized carbons (Fsp3) is 0.688. The molecule has 4 rings (SSSR count). The van der Waals surface area contributed by atoms with E-state index in [2.05, 4.69) is 15.0 Å². The molecule has 0 saturated carbocycles. The number of nitrogen functional groups attached to an aromatic ring is 1. The molecular weight excluding hydrogens is 408 g/mol. The lowest BCUT2D eigenvalue weighted by Crippen LogP contribution is -2.44. The Hall–Kier alpha value is -1.85. The number of phosphoric ester groups is 1. The monoisotopic (exact) mass is 431 g/mol. The summed E-state index contributed by atoms with van der Waals surface area (Å²) in [6.07, 6.45) is -1.14. The Labute approximate surface area is 166 Å². The summed E-state index contributed by atoms with van der Waals surface area (Å²) in [7, 11) is -3.87. The number of alkyl halides is 1. The highest BCUT2D eigenvalue weighted by molar-refractivity contribution is 7.48. The van der Waals surface area contributed by atoms with E-state index >= 15 is 4.39 Å². The number of halogens is 1. The third kappa shape index (κ3) is 3.49. The Morgan fingerprint density at radius 2 is 2.24 bits per heavy atom. The van der Waals surface area contributed by atoms with Gasteiger partial charge >= 0.3 is 7.82 Å². The fourth-order valence-electron chi connectivity index (χ4n) is 3.43. The number of rotatable bonds is 6. The van der Waals surface area contributed by atoms with Gasteiger partial charge in [0.05, 0.1) is 26.1 Å². The molecule has 0 bridgehead atoms. The van der Waals surface area contributed by atoms with Gasteiger partial charge in [-0.3, -0.25) is 18.1 Å². The molecule has 29 heavy (non-hydrogen) atoms. The van der Waals surface area contributed by atoms with Gasteiger partial charge in [-0.05, 0) is 20.3 Å². The first kappa shape index (κ1) is 20.4. The second kappa shape index (κ2) is 7.44. The first-order valence-electron chi connectivity index (χ1n) is 9.33. The summed E-state index contributed by atoms with van der Waals surface area (Å²) in [6.45, 7) is 5.33. The van der Waals surface area contributed by atoms with Gasteiger partial charge in [0.25, 0.3) is 0 Å². The number of ether oxygens (including phenoxy) is 2. The normalized spacial score (nSPS) is 34.4. The SMILES string of the molecule is CCCO[P@]1(=O)OC[C@H]2O[C@@H](n3cnc4c(OCC)nc(N)nc43)[C@](C)(F)[C@@H]2O1. The van der Waals surface area contributed by atoms with Crippen LogP contribution in [0.15, 0.2) is 6.33 Å². The molecule has 2 saturated heterocycles. The van der Waals surface area contributed by atoms with Gasteiger partial charge in [0.15, 0.2) is 23.1 Å². The molecular formula is C16H23FN5O6P. The third-order valence-electron chi connectivity index (χ3n) is 4.71. The van der Waals surface area contributed by atoms with E-state index in [9.17, 15) is 4.57 Å². The zero-order chi connectivity index (χ0) is 20.8. The van der Waals surface area contributed by atoms with Gasteiger partial charge in [-0.15, -0.1) is 0 Å². The quantitative estimate of drug-likeness (QED) is 0.680. The lowest BCUT2D eigenvalue weighted by Gasteiger charge is -2.33. The zero-order valence-electron chi connectivity index (χ0n) is 16.3. The van der Waals surface area contributed by atoms with Crippen molar-refractivity contribution in [3.63, 3.8) is 0 Å². The average molecular weight is 431 g/mol. The van der Waals surface area contributed by atoms with Gasteiger partial charge in [0, 0.05) is 0 Å². The summed E-state index contributed by atoms with van der Waals surface area (Å²) in [5.41, 5.74) is 4.26. The summed E-state index contributed by atoms with van der Waals surface area (Å²) in [5, 5.41) is 0. The van der Waals surface area contributed by atoms with Gasteiger partial charge in [0.1, 0.15) is 12.2 Å². The van der Waals surface area contributed by atoms with Crippen molar-refractivity contribution in [1.29, 1.82) is 0 Å². The van der Waals surface area contributed by atoms with Crippen LogP contribution >= 0.6 is 7.82 Å². The summed E-state index contributed by atoms with van der Waals surface area (Å²) in [6, 6.07) is 0. The molecule has 5 atom stereocenters. The zero-order valence-corrected chi connectivity index (χ0v) is 17.2. The van der Waals surface area contributed by atoms with Crippen LogP contribution in [0.1, 0.15) is 33.4 Å². The molecule has 0 spiro atoms. The fourth-order valence-corrected chi connectivity index (χ4v) is 4.98. The minimum atomic E-state index is -3.87. The molecule has 2 aliphatic heterocycles. The summed E-state index contributed by atoms with van der Waals surface area (Å²) in [5.74, 6) is 0.150. The van der Waals surface area contributed by atoms with Gasteiger partial charge in [-0.1, -0.05) is 6.92 Å². The number of imidazole rings is 1. The molecule has 4 heterocycles. The lowest BCUT2D eigenvalue weighted by atomic mass is 9.98. The number of nitrogens with two attached hydrogens (primary N) is 1. The maximum Gasteiger partial charge on any atom is 0.475 e. The van der Waals surface area contributed by atoms with Crippen LogP contribution in [-0.2, 0) is 22.9 Å². The standard InChI is InChI=1S/C16H23FN5O6P/c1-4-6-25-29(23)26-7-9-11(28-29)16(3,17)14(27-9)22-8-19-10-12(22)20-15(18)21-13(10)24-5-2/h8-9,11,14H,4-7H2,1-3H3,(H2,18,20,21)/t9-,11-,14-,16-,29-/m1/s1. The van der Waals surface area contributed by atoms with Crippen LogP contribution in [0.25, 0.3) is 11.2 Å². The summed E-state index contributed by atoms with van der Waals surface area (Å²) >= 11 is 0. The Bertz CT molecular complexity index is 955. The van der Waals surface area contributed by atoms with Crippen molar-refractivity contribution >= 4 is 24.9 Å². The molecule has 0 radical (unpaired) electrons. The Morgan fingerprint density at radius 3 is 2.97 bits per heavy atom. The molecule has 0 aromatic carbocycles. The Kier molecular flexibility index (Phi) is 5.24. The molecule has 2 N–H and O–H groups in total. The molecule has 2 aromatic rings. The van der Waals surface area contributed by atoms with Crippen molar-refractivity contribution in [3.8, 4) is 5.88 Å². The number of hydrogen-bond donors (Lipinski definition) is 1. The van der Waals surface area contributed by atoms with Gasteiger partial charge in [-0.2, -0.15) is 9.97 Å². The van der Waals surface area contributed by atoms with Crippen LogP contribution in [0.2, 0.25) is 0 Å². The molecule has 2 aromatic heterocycles. The van der Waals surface area contributed by atoms with Crippen molar-refractivity contribution in [1.82, 2.24) is 19.5 Å². The van der Waals surface area contributed by atoms with Crippen LogP contribution in [0, 0.1) is 0 Å². The number of phosphoric acid groups is 1. The highest BCUT2D eigenvalue weighted by atomic mass is 31.2. The van der Waals surface area contributed by atoms with Crippen molar-refractivity contribution < 1.29 is 32.0 Å². The lowest BCUT2D eigenvalue weighted by molar-refractivity contribution is -0.0706. The van der Waals surface area contributed by atoms with Gasteiger partial charge < -0.3 is 15.2 Å². The summed E-state index contributed by atoms with van der Waals surface area (Å²) < 4.78 is 57.1. The number of hydrogen-bond acceptors (Lipinski definition) is 10. The largest absolute Gasteiger partial charge is 0.476 e. The van der Waals surface area contributed by atoms with Gasteiger partial charge in [-0.25, -0.2) is 13.9 Å². The van der Waals surface area contributed by atoms with E-state index in [1.165, 1.54) is 17.8 Å². The number of fused-ring (bicyclic) bond motifs is 2. The second-order valence-corrected chi connectivity index (χ2v) is 8.55. The van der Waals surface area contributed by atoms with Crippen LogP contribution in [0.3, 0.4) is 0 Å². The van der Waals surface area contributed by atoms with Crippen LogP contribution in [0.4, 0.5) is 10.3 Å². The highest BCUT2D eigenvalue weighted by Crippen LogP contribution is 2.59. The molecule has 13 heteroatoms. The average Bonchev–Trinajstić information content (AvgIpc) is 3.19.